The van der Waals surface area contributed by atoms with Crippen molar-refractivity contribution in [1.29, 1.82) is 0 Å². The molecule has 0 aliphatic heterocycles. The molecule has 0 fully saturated rings. The Morgan fingerprint density at radius 2 is 1.73 bits per heavy atom. The molecule has 0 saturated heterocycles. The summed E-state index contributed by atoms with van der Waals surface area (Å²) < 4.78 is 32.2. The summed E-state index contributed by atoms with van der Waals surface area (Å²) in [5, 5.41) is 3.21. The first kappa shape index (κ1) is 18.0. The highest BCUT2D eigenvalue weighted by Gasteiger charge is 2.17. The summed E-state index contributed by atoms with van der Waals surface area (Å²) in [5.74, 6) is -0.378. The zero-order valence-electron chi connectivity index (χ0n) is 14.7. The zero-order chi connectivity index (χ0) is 18.5. The Hall–Kier alpha value is -2.79. The Bertz CT molecular complexity index is 861. The fraction of sp³-hybridized carbons (Fsp3) is 0.190. The number of rotatable bonds is 6. The average molecular weight is 354 g/mol. The average Bonchev–Trinajstić information content (AvgIpc) is 2.65. The summed E-state index contributed by atoms with van der Waals surface area (Å²) in [4.78, 5) is 4.53. The van der Waals surface area contributed by atoms with Crippen LogP contribution in [0.1, 0.15) is 17.3 Å². The van der Waals surface area contributed by atoms with Crippen molar-refractivity contribution in [3.8, 4) is 16.9 Å². The summed E-state index contributed by atoms with van der Waals surface area (Å²) in [5.41, 5.74) is 3.36. The lowest BCUT2D eigenvalue weighted by Crippen LogP contribution is -2.21. The molecule has 0 aliphatic carbocycles. The van der Waals surface area contributed by atoms with E-state index in [2.05, 4.69) is 10.3 Å². The van der Waals surface area contributed by atoms with Crippen LogP contribution in [0.25, 0.3) is 11.1 Å². The van der Waals surface area contributed by atoms with Gasteiger partial charge in [-0.15, -0.1) is 0 Å². The lowest BCUT2D eigenvalue weighted by atomic mass is 9.95. The van der Waals surface area contributed by atoms with Gasteiger partial charge in [0.25, 0.3) is 0 Å². The van der Waals surface area contributed by atoms with Crippen LogP contribution in [0.15, 0.2) is 60.8 Å². The molecule has 1 aromatic heterocycles. The standard InChI is InChI=1S/C21H20F2N2O/c1-24-20(12-14-10-16(22)13-17(23)11-14)21-19(4-3-9-25-21)15-5-7-18(26-2)8-6-15/h3-11,13,20,24H,12H2,1-2H3. The number of ether oxygens (including phenoxy) is 1. The van der Waals surface area contributed by atoms with Crippen LogP contribution in [0.2, 0.25) is 0 Å². The van der Waals surface area contributed by atoms with Crippen LogP contribution in [0.3, 0.4) is 0 Å². The molecule has 0 bridgehead atoms. The molecule has 0 radical (unpaired) electrons. The summed E-state index contributed by atoms with van der Waals surface area (Å²) in [7, 11) is 3.44. The largest absolute Gasteiger partial charge is 0.497 e. The summed E-state index contributed by atoms with van der Waals surface area (Å²) in [6, 6.07) is 15.0. The van der Waals surface area contributed by atoms with Crippen LogP contribution >= 0.6 is 0 Å². The van der Waals surface area contributed by atoms with Gasteiger partial charge in [-0.25, -0.2) is 8.78 Å². The smallest absolute Gasteiger partial charge is 0.126 e. The van der Waals surface area contributed by atoms with Gasteiger partial charge in [0.1, 0.15) is 17.4 Å². The Morgan fingerprint density at radius 1 is 1.04 bits per heavy atom. The first-order valence-corrected chi connectivity index (χ1v) is 8.32. The van der Waals surface area contributed by atoms with Gasteiger partial charge in [0.2, 0.25) is 0 Å². The molecule has 3 aromatic rings. The van der Waals surface area contributed by atoms with Gasteiger partial charge in [0.05, 0.1) is 18.8 Å². The van der Waals surface area contributed by atoms with E-state index in [1.165, 1.54) is 12.1 Å². The predicted molar refractivity (Wildman–Crippen MR) is 98.1 cm³/mol. The van der Waals surface area contributed by atoms with Crippen molar-refractivity contribution in [2.24, 2.45) is 0 Å². The number of likely N-dealkylation sites (N-methyl/N-ethyl adjacent to an activating group) is 1. The maximum absolute atomic E-state index is 13.5. The second kappa shape index (κ2) is 8.06. The lowest BCUT2D eigenvalue weighted by molar-refractivity contribution is 0.415. The van der Waals surface area contributed by atoms with Gasteiger partial charge in [-0.3, -0.25) is 4.98 Å². The van der Waals surface area contributed by atoms with Crippen LogP contribution in [0.4, 0.5) is 8.78 Å². The predicted octanol–water partition coefficient (Wildman–Crippen LogP) is 4.54. The highest BCUT2D eigenvalue weighted by Crippen LogP contribution is 2.29. The first-order chi connectivity index (χ1) is 12.6. The molecule has 0 saturated carbocycles. The van der Waals surface area contributed by atoms with E-state index in [0.29, 0.717) is 12.0 Å². The maximum Gasteiger partial charge on any atom is 0.126 e. The van der Waals surface area contributed by atoms with Crippen molar-refractivity contribution in [2.75, 3.05) is 14.2 Å². The first-order valence-electron chi connectivity index (χ1n) is 8.32. The van der Waals surface area contributed by atoms with Gasteiger partial charge >= 0.3 is 0 Å². The van der Waals surface area contributed by atoms with Crippen molar-refractivity contribution < 1.29 is 13.5 Å². The second-order valence-corrected chi connectivity index (χ2v) is 5.99. The molecule has 3 rings (SSSR count). The molecule has 0 amide bonds. The minimum absolute atomic E-state index is 0.186. The molecule has 1 N–H and O–H groups in total. The van der Waals surface area contributed by atoms with Gasteiger partial charge in [-0.2, -0.15) is 0 Å². The Labute approximate surface area is 151 Å². The monoisotopic (exact) mass is 354 g/mol. The van der Waals surface area contributed by atoms with Gasteiger partial charge in [0.15, 0.2) is 0 Å². The number of hydrogen-bond acceptors (Lipinski definition) is 3. The van der Waals surface area contributed by atoms with Gasteiger partial charge in [-0.05, 0) is 54.9 Å². The molecule has 2 aromatic carbocycles. The third kappa shape index (κ3) is 4.06. The van der Waals surface area contributed by atoms with E-state index in [9.17, 15) is 8.78 Å². The molecule has 3 nitrogen and oxygen atoms in total. The number of nitrogens with one attached hydrogen (secondary N) is 1. The molecule has 134 valence electrons. The van der Waals surface area contributed by atoms with E-state index in [1.54, 1.807) is 13.3 Å². The van der Waals surface area contributed by atoms with E-state index in [1.807, 2.05) is 43.4 Å². The van der Waals surface area contributed by atoms with Crippen molar-refractivity contribution >= 4 is 0 Å². The number of methoxy groups -OCH3 is 1. The van der Waals surface area contributed by atoms with Crippen LogP contribution < -0.4 is 10.1 Å². The molecule has 1 unspecified atom stereocenters. The number of pyridine rings is 1. The number of halogens is 2. The molecule has 0 spiro atoms. The van der Waals surface area contributed by atoms with E-state index in [4.69, 9.17) is 4.74 Å². The van der Waals surface area contributed by atoms with Crippen molar-refractivity contribution in [2.45, 2.75) is 12.5 Å². The zero-order valence-corrected chi connectivity index (χ0v) is 14.7. The van der Waals surface area contributed by atoms with Crippen molar-refractivity contribution in [3.63, 3.8) is 0 Å². The maximum atomic E-state index is 13.5. The minimum atomic E-state index is -0.578. The van der Waals surface area contributed by atoms with Crippen LogP contribution in [0.5, 0.6) is 5.75 Å². The number of nitrogens with zero attached hydrogens (tertiary/aromatic N) is 1. The highest BCUT2D eigenvalue weighted by molar-refractivity contribution is 5.67. The fourth-order valence-electron chi connectivity index (χ4n) is 3.01. The number of benzene rings is 2. The molecule has 1 heterocycles. The molecular weight excluding hydrogens is 334 g/mol. The van der Waals surface area contributed by atoms with Gasteiger partial charge in [0, 0.05) is 17.8 Å². The van der Waals surface area contributed by atoms with Crippen LogP contribution in [0, 0.1) is 11.6 Å². The number of hydrogen-bond donors (Lipinski definition) is 1. The van der Waals surface area contributed by atoms with Crippen LogP contribution in [-0.2, 0) is 6.42 Å². The molecule has 26 heavy (non-hydrogen) atoms. The molecule has 5 heteroatoms. The van der Waals surface area contributed by atoms with E-state index in [-0.39, 0.29) is 6.04 Å². The van der Waals surface area contributed by atoms with Crippen molar-refractivity contribution in [3.05, 3.63) is 83.7 Å². The summed E-state index contributed by atoms with van der Waals surface area (Å²) >= 11 is 0. The van der Waals surface area contributed by atoms with Crippen molar-refractivity contribution in [1.82, 2.24) is 10.3 Å². The van der Waals surface area contributed by atoms with E-state index in [0.717, 1.165) is 28.6 Å². The topological polar surface area (TPSA) is 34.2 Å². The summed E-state index contributed by atoms with van der Waals surface area (Å²) in [6.07, 6.45) is 2.14. The molecular formula is C21H20F2N2O. The van der Waals surface area contributed by atoms with E-state index >= 15 is 0 Å². The lowest BCUT2D eigenvalue weighted by Gasteiger charge is -2.19. The number of aromatic nitrogens is 1. The minimum Gasteiger partial charge on any atom is -0.497 e. The highest BCUT2D eigenvalue weighted by atomic mass is 19.1. The van der Waals surface area contributed by atoms with Gasteiger partial charge < -0.3 is 10.1 Å². The van der Waals surface area contributed by atoms with Crippen LogP contribution in [-0.4, -0.2) is 19.1 Å². The quantitative estimate of drug-likeness (QED) is 0.706. The third-order valence-corrected chi connectivity index (χ3v) is 4.28. The Balaban J connectivity index is 1.95. The van der Waals surface area contributed by atoms with Gasteiger partial charge in [-0.1, -0.05) is 18.2 Å². The Morgan fingerprint density at radius 3 is 2.35 bits per heavy atom. The molecule has 0 aliphatic rings. The normalized spacial score (nSPS) is 12.0. The summed E-state index contributed by atoms with van der Waals surface area (Å²) in [6.45, 7) is 0. The fourth-order valence-corrected chi connectivity index (χ4v) is 3.01. The Kier molecular flexibility index (Phi) is 5.58. The SMILES string of the molecule is CNC(Cc1cc(F)cc(F)c1)c1ncccc1-c1ccc(OC)cc1. The molecule has 1 atom stereocenters. The van der Waals surface area contributed by atoms with E-state index < -0.39 is 11.6 Å². The second-order valence-electron chi connectivity index (χ2n) is 5.99. The third-order valence-electron chi connectivity index (χ3n) is 4.28.